The van der Waals surface area contributed by atoms with Crippen molar-refractivity contribution in [1.29, 1.82) is 0 Å². The second kappa shape index (κ2) is 4.42. The van der Waals surface area contributed by atoms with Crippen LogP contribution in [0.3, 0.4) is 0 Å². The van der Waals surface area contributed by atoms with Crippen LogP contribution in [0.25, 0.3) is 0 Å². The van der Waals surface area contributed by atoms with E-state index in [2.05, 4.69) is 38.7 Å². The van der Waals surface area contributed by atoms with Crippen LogP contribution in [0.4, 0.5) is 0 Å². The first-order chi connectivity index (χ1) is 4.61. The molecule has 59 valence electrons. The molecule has 1 N–H and O–H groups in total. The van der Waals surface area contributed by atoms with E-state index in [4.69, 9.17) is 0 Å². The van der Waals surface area contributed by atoms with E-state index in [1.807, 2.05) is 0 Å². The summed E-state index contributed by atoms with van der Waals surface area (Å²) < 4.78 is 0. The predicted octanol–water partition coefficient (Wildman–Crippen LogP) is 1.87. The first-order valence-electron chi connectivity index (χ1n) is 3.67. The molecule has 0 amide bonds. The third kappa shape index (κ3) is 2.72. The maximum Gasteiger partial charge on any atom is 0.0248 e. The summed E-state index contributed by atoms with van der Waals surface area (Å²) in [6.07, 6.45) is 3.17. The van der Waals surface area contributed by atoms with E-state index >= 15 is 0 Å². The van der Waals surface area contributed by atoms with Crippen LogP contribution in [-0.2, 0) is 32.7 Å². The largest absolute Gasteiger partial charge is 0.416 e. The predicted molar refractivity (Wildman–Crippen MR) is 43.3 cm³/mol. The maximum atomic E-state index is 3.81. The van der Waals surface area contributed by atoms with Gasteiger partial charge in [-0.15, -0.1) is 5.70 Å². The van der Waals surface area contributed by atoms with E-state index in [-0.39, 0.29) is 32.7 Å². The van der Waals surface area contributed by atoms with Gasteiger partial charge in [-0.3, -0.25) is 0 Å². The monoisotopic (exact) mass is 225 g/mol. The van der Waals surface area contributed by atoms with Crippen molar-refractivity contribution in [2.24, 2.45) is 5.92 Å². The molecule has 2 unspecified atom stereocenters. The third-order valence-electron chi connectivity index (χ3n) is 2.18. The smallest absolute Gasteiger partial charge is 0.0248 e. The quantitative estimate of drug-likeness (QED) is 0.620. The van der Waals surface area contributed by atoms with Crippen molar-refractivity contribution in [1.82, 2.24) is 5.32 Å². The van der Waals surface area contributed by atoms with Crippen molar-refractivity contribution in [2.75, 3.05) is 0 Å². The van der Waals surface area contributed by atoms with Gasteiger partial charge in [0.05, 0.1) is 0 Å². The number of nitrogens with one attached hydrogen (secondary N) is 1. The Hall–Kier alpha value is 0.384. The molecule has 1 rings (SSSR count). The Bertz CT molecular complexity index is 184. The van der Waals surface area contributed by atoms with Crippen LogP contribution in [0.15, 0.2) is 17.8 Å². The molecule has 0 aliphatic carbocycles. The molecule has 1 aliphatic heterocycles. The average molecular weight is 225 g/mol. The number of hydrogen-bond donors (Lipinski definition) is 1. The van der Waals surface area contributed by atoms with E-state index in [9.17, 15) is 0 Å². The summed E-state index contributed by atoms with van der Waals surface area (Å²) in [5, 5.41) is 3.23. The average Bonchev–Trinajstić information content (AvgIpc) is 1.82. The molecule has 11 heavy (non-hydrogen) atoms. The molecule has 2 heteroatoms. The molecule has 1 aliphatic rings. The summed E-state index contributed by atoms with van der Waals surface area (Å²) in [4.78, 5) is 0. The Labute approximate surface area is 94.2 Å². The fourth-order valence-electron chi connectivity index (χ4n) is 1.16. The molecule has 0 aromatic rings. The van der Waals surface area contributed by atoms with E-state index in [0.717, 1.165) is 5.70 Å². The zero-order valence-electron chi connectivity index (χ0n) is 7.44. The standard InChI is InChI=1S/C9H14N.Y/c1-6-5-7(2)10-9(4)8(6)3;/h8-10H,2H2,1,3-4H3;/q-1;. The van der Waals surface area contributed by atoms with Crippen LogP contribution in [-0.4, -0.2) is 6.04 Å². The fourth-order valence-corrected chi connectivity index (χ4v) is 1.16. The molecule has 0 bridgehead atoms. The van der Waals surface area contributed by atoms with E-state index in [1.54, 1.807) is 0 Å². The second-order valence-corrected chi connectivity index (χ2v) is 3.01. The second-order valence-electron chi connectivity index (χ2n) is 3.01. The summed E-state index contributed by atoms with van der Waals surface area (Å²) in [6.45, 7) is 10.3. The molecule has 0 saturated heterocycles. The normalized spacial score (nSPS) is 30.1. The molecule has 2 atom stereocenters. The third-order valence-corrected chi connectivity index (χ3v) is 2.18. The van der Waals surface area contributed by atoms with Crippen LogP contribution in [0.2, 0.25) is 0 Å². The van der Waals surface area contributed by atoms with Gasteiger partial charge in [0, 0.05) is 38.8 Å². The van der Waals surface area contributed by atoms with Crippen LogP contribution in [0.5, 0.6) is 0 Å². The van der Waals surface area contributed by atoms with E-state index < -0.39 is 0 Å². The molecular formula is C9H14NY-. The first-order valence-corrected chi connectivity index (χ1v) is 3.67. The minimum atomic E-state index is 0. The summed E-state index contributed by atoms with van der Waals surface area (Å²) in [7, 11) is 0. The molecule has 0 fully saturated rings. The zero-order valence-corrected chi connectivity index (χ0v) is 10.3. The van der Waals surface area contributed by atoms with Crippen molar-refractivity contribution < 1.29 is 32.7 Å². The van der Waals surface area contributed by atoms with Gasteiger partial charge in [-0.05, 0) is 12.8 Å². The van der Waals surface area contributed by atoms with Crippen LogP contribution in [0, 0.1) is 12.0 Å². The minimum Gasteiger partial charge on any atom is -0.416 e. The Morgan fingerprint density at radius 3 is 2.45 bits per heavy atom. The van der Waals surface area contributed by atoms with Gasteiger partial charge < -0.3 is 5.32 Å². The van der Waals surface area contributed by atoms with Gasteiger partial charge in [0.15, 0.2) is 0 Å². The van der Waals surface area contributed by atoms with Gasteiger partial charge in [-0.25, -0.2) is 12.7 Å². The number of allylic oxidation sites excluding steroid dienone is 1. The van der Waals surface area contributed by atoms with Gasteiger partial charge in [0.1, 0.15) is 0 Å². The molecule has 1 heterocycles. The molecule has 1 radical (unpaired) electrons. The van der Waals surface area contributed by atoms with Gasteiger partial charge in [0.25, 0.3) is 0 Å². The van der Waals surface area contributed by atoms with Crippen LogP contribution >= 0.6 is 0 Å². The Morgan fingerprint density at radius 2 is 2.00 bits per heavy atom. The molecule has 0 aromatic heterocycles. The summed E-state index contributed by atoms with van der Waals surface area (Å²) in [5.74, 6) is 0.588. The molecular weight excluding hydrogens is 211 g/mol. The van der Waals surface area contributed by atoms with Gasteiger partial charge in [0.2, 0.25) is 0 Å². The number of rotatable bonds is 0. The van der Waals surface area contributed by atoms with Crippen molar-refractivity contribution in [3.05, 3.63) is 23.9 Å². The van der Waals surface area contributed by atoms with Crippen LogP contribution < -0.4 is 5.32 Å². The topological polar surface area (TPSA) is 12.0 Å². The van der Waals surface area contributed by atoms with Crippen molar-refractivity contribution in [2.45, 2.75) is 26.8 Å². The van der Waals surface area contributed by atoms with Crippen LogP contribution in [0.1, 0.15) is 20.8 Å². The van der Waals surface area contributed by atoms with Gasteiger partial charge >= 0.3 is 0 Å². The molecule has 1 nitrogen and oxygen atoms in total. The Kier molecular flexibility index (Phi) is 4.57. The van der Waals surface area contributed by atoms with Gasteiger partial charge in [-0.2, -0.15) is 5.57 Å². The van der Waals surface area contributed by atoms with E-state index in [1.165, 1.54) is 5.57 Å². The molecule has 0 spiro atoms. The molecule has 0 saturated carbocycles. The van der Waals surface area contributed by atoms with Crippen molar-refractivity contribution >= 4 is 0 Å². The molecule has 0 aromatic carbocycles. The first kappa shape index (κ1) is 11.4. The summed E-state index contributed by atoms with van der Waals surface area (Å²) in [6, 6.07) is 0.508. The van der Waals surface area contributed by atoms with Crippen molar-refractivity contribution in [3.63, 3.8) is 0 Å². The SMILES string of the molecule is C=C1[C-]=C(C)C(C)C(C)N1.[Y]. The minimum absolute atomic E-state index is 0. The summed E-state index contributed by atoms with van der Waals surface area (Å²) in [5.41, 5.74) is 2.22. The van der Waals surface area contributed by atoms with Gasteiger partial charge in [-0.1, -0.05) is 13.8 Å². The van der Waals surface area contributed by atoms with Crippen molar-refractivity contribution in [3.8, 4) is 0 Å². The Morgan fingerprint density at radius 1 is 1.45 bits per heavy atom. The van der Waals surface area contributed by atoms with E-state index in [0.29, 0.717) is 12.0 Å². The zero-order chi connectivity index (χ0) is 7.72. The summed E-state index contributed by atoms with van der Waals surface area (Å²) >= 11 is 0. The Balaban J connectivity index is 0.000001000. The maximum absolute atomic E-state index is 3.81. The fraction of sp³-hybridized carbons (Fsp3) is 0.556. The number of hydrogen-bond acceptors (Lipinski definition) is 1.